The first-order valence-electron chi connectivity index (χ1n) is 13.3. The van der Waals surface area contributed by atoms with Crippen molar-refractivity contribution in [3.8, 4) is 5.75 Å². The van der Waals surface area contributed by atoms with Crippen LogP contribution >= 0.6 is 0 Å². The quantitative estimate of drug-likeness (QED) is 0.318. The van der Waals surface area contributed by atoms with Crippen LogP contribution in [0.4, 0.5) is 10.1 Å². The van der Waals surface area contributed by atoms with E-state index >= 15 is 0 Å². The van der Waals surface area contributed by atoms with E-state index in [4.69, 9.17) is 11.3 Å². The van der Waals surface area contributed by atoms with Crippen LogP contribution in [0.1, 0.15) is 68.9 Å². The average Bonchev–Trinajstić information content (AvgIpc) is 3.43. The zero-order valence-corrected chi connectivity index (χ0v) is 20.3. The molecule has 2 aliphatic carbocycles. The molecule has 1 aliphatic heterocycles. The van der Waals surface area contributed by atoms with Gasteiger partial charge < -0.3 is 9.64 Å². The zero-order chi connectivity index (χ0) is 23.4. The monoisotopic (exact) mass is 460 g/mol. The van der Waals surface area contributed by atoms with Crippen molar-refractivity contribution in [3.05, 3.63) is 70.8 Å². The molecule has 0 bridgehead atoms. The van der Waals surface area contributed by atoms with Gasteiger partial charge in [-0.15, -0.1) is 0 Å². The van der Waals surface area contributed by atoms with Gasteiger partial charge in [0.05, 0.1) is 13.2 Å². The summed E-state index contributed by atoms with van der Waals surface area (Å²) in [7, 11) is 0. The Balaban J connectivity index is 1.20. The minimum Gasteiger partial charge on any atom is -0.494 e. The Kier molecular flexibility index (Phi) is 7.21. The smallest absolute Gasteiger partial charge is 0.187 e. The van der Waals surface area contributed by atoms with Gasteiger partial charge in [0.15, 0.2) is 5.69 Å². The van der Waals surface area contributed by atoms with Crippen LogP contribution < -0.4 is 4.74 Å². The summed E-state index contributed by atoms with van der Waals surface area (Å²) in [6, 6.07) is 13.3. The highest BCUT2D eigenvalue weighted by molar-refractivity contribution is 5.47. The fourth-order valence-corrected chi connectivity index (χ4v) is 7.33. The molecule has 0 radical (unpaired) electrons. The zero-order valence-electron chi connectivity index (χ0n) is 20.3. The average molecular weight is 461 g/mol. The van der Waals surface area contributed by atoms with Crippen LogP contribution in [0.5, 0.6) is 5.75 Å². The molecule has 1 saturated heterocycles. The summed E-state index contributed by atoms with van der Waals surface area (Å²) in [4.78, 5) is 6.02. The maximum absolute atomic E-state index is 14.8. The van der Waals surface area contributed by atoms with Crippen LogP contribution in [0.25, 0.3) is 4.85 Å². The van der Waals surface area contributed by atoms with Gasteiger partial charge in [-0.3, -0.25) is 0 Å². The maximum atomic E-state index is 14.8. The number of likely N-dealkylation sites (tertiary alicyclic amines) is 1. The molecule has 2 aromatic rings. The Hall–Kier alpha value is -2.38. The number of rotatable bonds is 7. The van der Waals surface area contributed by atoms with E-state index in [2.05, 4.69) is 15.8 Å². The van der Waals surface area contributed by atoms with Crippen LogP contribution in [0.2, 0.25) is 0 Å². The number of piperidine rings is 1. The summed E-state index contributed by atoms with van der Waals surface area (Å²) < 4.78 is 20.7. The Morgan fingerprint density at radius 3 is 2.44 bits per heavy atom. The number of halogens is 1. The summed E-state index contributed by atoms with van der Waals surface area (Å²) in [5.74, 6) is 2.27. The third kappa shape index (κ3) is 4.60. The number of hydrogen-bond donors (Lipinski definition) is 0. The van der Waals surface area contributed by atoms with Crippen LogP contribution in [0.3, 0.4) is 0 Å². The number of ether oxygens (including phenoxy) is 1. The number of hydrogen-bond acceptors (Lipinski definition) is 2. The first kappa shape index (κ1) is 23.4. The van der Waals surface area contributed by atoms with Gasteiger partial charge in [0.1, 0.15) is 11.6 Å². The molecule has 0 spiro atoms. The third-order valence-electron chi connectivity index (χ3n) is 8.89. The van der Waals surface area contributed by atoms with Crippen LogP contribution in [0.15, 0.2) is 42.5 Å². The van der Waals surface area contributed by atoms with Crippen molar-refractivity contribution in [2.75, 3.05) is 26.2 Å². The van der Waals surface area contributed by atoms with Gasteiger partial charge in [-0.05, 0) is 106 Å². The molecule has 1 saturated carbocycles. The number of fused-ring (bicyclic) bond motifs is 1. The number of benzene rings is 2. The summed E-state index contributed by atoms with van der Waals surface area (Å²) in [5.41, 5.74) is 3.25. The van der Waals surface area contributed by atoms with Crippen molar-refractivity contribution in [2.45, 2.75) is 69.6 Å². The van der Waals surface area contributed by atoms with Crippen molar-refractivity contribution in [1.29, 1.82) is 0 Å². The summed E-state index contributed by atoms with van der Waals surface area (Å²) in [6.45, 7) is 11.1. The van der Waals surface area contributed by atoms with E-state index in [-0.39, 0.29) is 11.2 Å². The molecule has 3 aliphatic rings. The van der Waals surface area contributed by atoms with Gasteiger partial charge >= 0.3 is 0 Å². The normalized spacial score (nSPS) is 24.0. The maximum Gasteiger partial charge on any atom is 0.187 e. The highest BCUT2D eigenvalue weighted by atomic mass is 19.1. The van der Waals surface area contributed by atoms with E-state index < -0.39 is 0 Å². The molecule has 0 N–H and O–H groups in total. The van der Waals surface area contributed by atoms with Crippen LogP contribution in [0, 0.1) is 24.2 Å². The van der Waals surface area contributed by atoms with Gasteiger partial charge in [-0.1, -0.05) is 37.1 Å². The van der Waals surface area contributed by atoms with Crippen molar-refractivity contribution in [3.63, 3.8) is 0 Å². The minimum atomic E-state index is 0.0285. The van der Waals surface area contributed by atoms with E-state index in [9.17, 15) is 4.39 Å². The molecule has 0 aromatic heterocycles. The van der Waals surface area contributed by atoms with Crippen molar-refractivity contribution in [2.24, 2.45) is 11.8 Å². The first-order chi connectivity index (χ1) is 16.7. The standard InChI is InChI=1S/C30H37FN2O/c1-32-25-12-14-26(15-13-25)34-22-6-19-33-20-16-24(17-21-33)30(23-7-2-3-8-23)18-5-9-27-28(30)10-4-11-29(27)31/h4,10-15,23-24H,2-3,5-9,16-22H2. The first-order valence-corrected chi connectivity index (χ1v) is 13.3. The summed E-state index contributed by atoms with van der Waals surface area (Å²) >= 11 is 0. The Bertz CT molecular complexity index is 999. The van der Waals surface area contributed by atoms with E-state index in [1.54, 1.807) is 6.07 Å². The lowest BCUT2D eigenvalue weighted by molar-refractivity contribution is 0.0707. The minimum absolute atomic E-state index is 0.0285. The molecule has 2 aromatic carbocycles. The molecule has 5 rings (SSSR count). The van der Waals surface area contributed by atoms with Crippen molar-refractivity contribution < 1.29 is 9.13 Å². The molecular formula is C30H37FN2O. The predicted octanol–water partition coefficient (Wildman–Crippen LogP) is 7.32. The van der Waals surface area contributed by atoms with Crippen molar-refractivity contribution in [1.82, 2.24) is 4.90 Å². The fraction of sp³-hybridized carbons (Fsp3) is 0.567. The Labute approximate surface area is 204 Å². The van der Waals surface area contributed by atoms with E-state index in [0.717, 1.165) is 56.1 Å². The summed E-state index contributed by atoms with van der Waals surface area (Å²) in [6.07, 6.45) is 12.1. The molecule has 4 heteroatoms. The molecule has 3 nitrogen and oxygen atoms in total. The van der Waals surface area contributed by atoms with Crippen LogP contribution in [-0.2, 0) is 11.8 Å². The Morgan fingerprint density at radius 1 is 0.971 bits per heavy atom. The van der Waals surface area contributed by atoms with Gasteiger partial charge in [-0.2, -0.15) is 0 Å². The molecule has 0 amide bonds. The molecule has 2 fully saturated rings. The second kappa shape index (κ2) is 10.5. The van der Waals surface area contributed by atoms with E-state index in [1.807, 2.05) is 30.3 Å². The lowest BCUT2D eigenvalue weighted by Crippen LogP contribution is -2.49. The van der Waals surface area contributed by atoms with Gasteiger partial charge in [0.25, 0.3) is 0 Å². The van der Waals surface area contributed by atoms with E-state index in [0.29, 0.717) is 18.2 Å². The Morgan fingerprint density at radius 2 is 1.71 bits per heavy atom. The van der Waals surface area contributed by atoms with E-state index in [1.165, 1.54) is 50.5 Å². The second-order valence-corrected chi connectivity index (χ2v) is 10.6. The highest BCUT2D eigenvalue weighted by Crippen LogP contribution is 2.55. The second-order valence-electron chi connectivity index (χ2n) is 10.6. The van der Waals surface area contributed by atoms with Gasteiger partial charge in [-0.25, -0.2) is 9.24 Å². The topological polar surface area (TPSA) is 16.8 Å². The van der Waals surface area contributed by atoms with Crippen LogP contribution in [-0.4, -0.2) is 31.1 Å². The highest BCUT2D eigenvalue weighted by Gasteiger charge is 2.50. The van der Waals surface area contributed by atoms with Gasteiger partial charge in [0, 0.05) is 12.0 Å². The SMILES string of the molecule is [C-]#[N+]c1ccc(OCCCN2CCC(C3(C4CCCC4)CCCc4c(F)cccc43)CC2)cc1. The largest absolute Gasteiger partial charge is 0.494 e. The van der Waals surface area contributed by atoms with Crippen molar-refractivity contribution >= 4 is 5.69 Å². The predicted molar refractivity (Wildman–Crippen MR) is 135 cm³/mol. The van der Waals surface area contributed by atoms with Gasteiger partial charge in [0.2, 0.25) is 0 Å². The number of nitrogens with zero attached hydrogens (tertiary/aromatic N) is 2. The fourth-order valence-electron chi connectivity index (χ4n) is 7.33. The summed E-state index contributed by atoms with van der Waals surface area (Å²) in [5, 5.41) is 0. The molecular weight excluding hydrogens is 423 g/mol. The lowest BCUT2D eigenvalue weighted by Gasteiger charge is -2.52. The molecule has 180 valence electrons. The molecule has 1 atom stereocenters. The molecule has 1 heterocycles. The molecule has 34 heavy (non-hydrogen) atoms. The third-order valence-corrected chi connectivity index (χ3v) is 8.89. The lowest BCUT2D eigenvalue weighted by atomic mass is 9.54. The molecule has 1 unspecified atom stereocenters.